The van der Waals surface area contributed by atoms with E-state index in [9.17, 15) is 0 Å². The molecular formula is C61H37NS2. The van der Waals surface area contributed by atoms with E-state index < -0.39 is 5.41 Å². The molecule has 0 amide bonds. The highest BCUT2D eigenvalue weighted by atomic mass is 32.1. The van der Waals surface area contributed by atoms with Crippen molar-refractivity contribution in [3.63, 3.8) is 0 Å². The molecular weight excluding hydrogens is 811 g/mol. The molecule has 298 valence electrons. The summed E-state index contributed by atoms with van der Waals surface area (Å²) in [5.41, 5.74) is 15.8. The normalized spacial score (nSPS) is 13.1. The fourth-order valence-corrected chi connectivity index (χ4v) is 13.8. The third-order valence-electron chi connectivity index (χ3n) is 13.9. The monoisotopic (exact) mass is 847 g/mol. The van der Waals surface area contributed by atoms with Gasteiger partial charge in [0.2, 0.25) is 0 Å². The lowest BCUT2D eigenvalue weighted by molar-refractivity contribution is 0.767. The molecule has 0 radical (unpaired) electrons. The van der Waals surface area contributed by atoms with Crippen molar-refractivity contribution in [3.05, 3.63) is 247 Å². The first-order valence-corrected chi connectivity index (χ1v) is 23.6. The van der Waals surface area contributed by atoms with Gasteiger partial charge in [0.1, 0.15) is 0 Å². The summed E-state index contributed by atoms with van der Waals surface area (Å²) in [7, 11) is 0. The maximum Gasteiger partial charge on any atom is 0.0714 e. The topological polar surface area (TPSA) is 4.93 Å². The molecule has 0 bridgehead atoms. The predicted octanol–water partition coefficient (Wildman–Crippen LogP) is 17.2. The van der Waals surface area contributed by atoms with Crippen LogP contribution in [0.5, 0.6) is 0 Å². The number of benzene rings is 10. The number of aromatic nitrogens is 1. The van der Waals surface area contributed by atoms with Crippen LogP contribution in [0.3, 0.4) is 0 Å². The number of hydrogen-bond acceptors (Lipinski definition) is 2. The molecule has 0 unspecified atom stereocenters. The van der Waals surface area contributed by atoms with Crippen molar-refractivity contribution in [2.45, 2.75) is 5.41 Å². The van der Waals surface area contributed by atoms with Gasteiger partial charge in [-0.3, -0.25) is 0 Å². The fraction of sp³-hybridized carbons (Fsp3) is 0.0164. The molecule has 0 fully saturated rings. The zero-order valence-electron chi connectivity index (χ0n) is 34.6. The highest BCUT2D eigenvalue weighted by Crippen LogP contribution is 2.57. The fourth-order valence-electron chi connectivity index (χ4n) is 11.3. The Morgan fingerprint density at radius 3 is 1.28 bits per heavy atom. The minimum atomic E-state index is -0.528. The molecule has 1 aliphatic rings. The van der Waals surface area contributed by atoms with E-state index in [-0.39, 0.29) is 0 Å². The zero-order chi connectivity index (χ0) is 41.9. The van der Waals surface area contributed by atoms with Gasteiger partial charge in [0.05, 0.1) is 16.4 Å². The van der Waals surface area contributed by atoms with E-state index in [0.717, 1.165) is 5.69 Å². The number of para-hydroxylation sites is 2. The number of hydrogen-bond donors (Lipinski definition) is 0. The Kier molecular flexibility index (Phi) is 7.71. The van der Waals surface area contributed by atoms with Crippen LogP contribution in [-0.4, -0.2) is 4.57 Å². The third-order valence-corrected chi connectivity index (χ3v) is 16.3. The molecule has 3 heterocycles. The van der Waals surface area contributed by atoms with Gasteiger partial charge in [0.15, 0.2) is 0 Å². The Morgan fingerprint density at radius 1 is 0.297 bits per heavy atom. The average molecular weight is 848 g/mol. The number of thiophene rings is 2. The van der Waals surface area contributed by atoms with Crippen molar-refractivity contribution in [2.24, 2.45) is 0 Å². The van der Waals surface area contributed by atoms with E-state index in [1.165, 1.54) is 118 Å². The highest BCUT2D eigenvalue weighted by Gasteiger charge is 2.46. The van der Waals surface area contributed by atoms with Crippen LogP contribution >= 0.6 is 22.7 Å². The molecule has 0 N–H and O–H groups in total. The van der Waals surface area contributed by atoms with Crippen molar-refractivity contribution in [3.8, 4) is 39.1 Å². The Balaban J connectivity index is 1.14. The van der Waals surface area contributed by atoms with Gasteiger partial charge in [-0.2, -0.15) is 0 Å². The Morgan fingerprint density at radius 2 is 0.719 bits per heavy atom. The Hall–Kier alpha value is -7.56. The molecule has 14 rings (SSSR count). The first kappa shape index (κ1) is 36.0. The van der Waals surface area contributed by atoms with Gasteiger partial charge in [-0.1, -0.05) is 200 Å². The molecule has 64 heavy (non-hydrogen) atoms. The molecule has 0 aliphatic heterocycles. The number of rotatable bonds is 5. The van der Waals surface area contributed by atoms with E-state index in [1.54, 1.807) is 0 Å². The lowest BCUT2D eigenvalue weighted by Gasteiger charge is -2.34. The van der Waals surface area contributed by atoms with Crippen LogP contribution in [-0.2, 0) is 5.41 Å². The van der Waals surface area contributed by atoms with Crippen LogP contribution in [0.15, 0.2) is 224 Å². The summed E-state index contributed by atoms with van der Waals surface area (Å²) in [4.78, 5) is 0. The van der Waals surface area contributed by atoms with Crippen molar-refractivity contribution >= 4 is 84.8 Å². The minimum Gasteiger partial charge on any atom is -0.308 e. The highest BCUT2D eigenvalue weighted by molar-refractivity contribution is 7.26. The van der Waals surface area contributed by atoms with Gasteiger partial charge in [-0.25, -0.2) is 0 Å². The molecule has 3 aromatic heterocycles. The molecule has 0 saturated carbocycles. The summed E-state index contributed by atoms with van der Waals surface area (Å²) in [6.07, 6.45) is 0. The Bertz CT molecular complexity index is 3810. The van der Waals surface area contributed by atoms with Gasteiger partial charge in [-0.15, -0.1) is 22.7 Å². The van der Waals surface area contributed by atoms with E-state index >= 15 is 0 Å². The van der Waals surface area contributed by atoms with E-state index in [4.69, 9.17) is 0 Å². The molecule has 13 aromatic rings. The van der Waals surface area contributed by atoms with Crippen molar-refractivity contribution in [1.29, 1.82) is 0 Å². The van der Waals surface area contributed by atoms with E-state index in [1.807, 2.05) is 22.7 Å². The predicted molar refractivity (Wildman–Crippen MR) is 275 cm³/mol. The lowest BCUT2D eigenvalue weighted by Crippen LogP contribution is -2.28. The van der Waals surface area contributed by atoms with Crippen molar-refractivity contribution < 1.29 is 0 Å². The molecule has 0 spiro atoms. The van der Waals surface area contributed by atoms with Gasteiger partial charge in [-0.05, 0) is 57.6 Å². The molecule has 10 aromatic carbocycles. The Labute approximate surface area is 378 Å². The summed E-state index contributed by atoms with van der Waals surface area (Å²) >= 11 is 3.80. The van der Waals surface area contributed by atoms with Crippen LogP contribution in [0.1, 0.15) is 22.3 Å². The average Bonchev–Trinajstić information content (AvgIpc) is 4.11. The zero-order valence-corrected chi connectivity index (χ0v) is 36.3. The van der Waals surface area contributed by atoms with Crippen LogP contribution in [0, 0.1) is 0 Å². The molecule has 1 aliphatic carbocycles. The second kappa shape index (κ2) is 13.7. The maximum absolute atomic E-state index is 2.62. The van der Waals surface area contributed by atoms with Crippen molar-refractivity contribution in [2.75, 3.05) is 0 Å². The second-order valence-electron chi connectivity index (χ2n) is 17.1. The van der Waals surface area contributed by atoms with Crippen LogP contribution < -0.4 is 0 Å². The first-order valence-electron chi connectivity index (χ1n) is 22.0. The summed E-state index contributed by atoms with van der Waals surface area (Å²) in [5.74, 6) is 0. The molecule has 3 heteroatoms. The lowest BCUT2D eigenvalue weighted by atomic mass is 9.67. The van der Waals surface area contributed by atoms with Crippen LogP contribution in [0.4, 0.5) is 0 Å². The van der Waals surface area contributed by atoms with E-state index in [0.29, 0.717) is 0 Å². The largest absolute Gasteiger partial charge is 0.308 e. The van der Waals surface area contributed by atoms with Crippen molar-refractivity contribution in [1.82, 2.24) is 4.57 Å². The molecule has 0 atom stereocenters. The van der Waals surface area contributed by atoms with Gasteiger partial charge in [0.25, 0.3) is 0 Å². The summed E-state index contributed by atoms with van der Waals surface area (Å²) in [5, 5.41) is 7.73. The minimum absolute atomic E-state index is 0.528. The van der Waals surface area contributed by atoms with Crippen LogP contribution in [0.2, 0.25) is 0 Å². The summed E-state index contributed by atoms with van der Waals surface area (Å²) < 4.78 is 7.89. The van der Waals surface area contributed by atoms with E-state index in [2.05, 4.69) is 229 Å². The summed E-state index contributed by atoms with van der Waals surface area (Å²) in [6, 6.07) is 84.1. The summed E-state index contributed by atoms with van der Waals surface area (Å²) in [6.45, 7) is 0. The van der Waals surface area contributed by atoms with Gasteiger partial charge in [0, 0.05) is 79.1 Å². The molecule has 1 nitrogen and oxygen atoms in total. The number of nitrogens with zero attached hydrogens (tertiary/aromatic N) is 1. The first-order chi connectivity index (χ1) is 31.8. The van der Waals surface area contributed by atoms with Gasteiger partial charge >= 0.3 is 0 Å². The number of fused-ring (bicyclic) bond motifs is 12. The second-order valence-corrected chi connectivity index (χ2v) is 19.2. The van der Waals surface area contributed by atoms with Crippen LogP contribution in [0.25, 0.3) is 101 Å². The maximum atomic E-state index is 2.62. The van der Waals surface area contributed by atoms with Gasteiger partial charge < -0.3 is 4.57 Å². The third kappa shape index (κ3) is 4.88. The quantitative estimate of drug-likeness (QED) is 0.163. The SMILES string of the molecule is c1ccc(C2(c3ccccc3)c3ccccc3-c3ccc(-n4c5c(-c6cccc7c6sc6ccccc67)cccc5c5cccc(-c6cccc7c6sc6ccccc67)c54)cc32)cc1. The smallest absolute Gasteiger partial charge is 0.0714 e. The molecule has 0 saturated heterocycles. The standard InChI is InChI=1S/C61H37NS2/c1-3-17-38(18-4-1)61(39-19-5-2-6-20-39)53-32-10-7-21-41(53)42-36-35-40(37-54(42)61)62-57-45(24-13-26-47(57)51-30-15-28-49-43-22-8-11-33-55(43)63-59(49)51)46-25-14-27-48(58(46)62)52-31-16-29-50-44-23-9-12-34-56(44)64-60(50)52/h1-37H.